The van der Waals surface area contributed by atoms with Crippen LogP contribution < -0.4 is 0 Å². The van der Waals surface area contributed by atoms with Crippen LogP contribution in [0, 0.1) is 5.82 Å². The molecule has 1 aromatic carbocycles. The van der Waals surface area contributed by atoms with Crippen LogP contribution in [-0.2, 0) is 35.5 Å². The molecule has 1 heterocycles. The van der Waals surface area contributed by atoms with E-state index in [1.54, 1.807) is 34.6 Å². The summed E-state index contributed by atoms with van der Waals surface area (Å²) in [6.07, 6.45) is -0.569. The lowest BCUT2D eigenvalue weighted by Crippen LogP contribution is -2.34. The van der Waals surface area contributed by atoms with Crippen molar-refractivity contribution >= 4 is 36.8 Å². The molecule has 8 nitrogen and oxygen atoms in total. The third-order valence-corrected chi connectivity index (χ3v) is 7.08. The van der Waals surface area contributed by atoms with Crippen molar-refractivity contribution in [2.75, 3.05) is 13.2 Å². The lowest BCUT2D eigenvalue weighted by atomic mass is 10.1. The highest BCUT2D eigenvalue weighted by Crippen LogP contribution is 2.54. The molecule has 2 aromatic rings. The van der Waals surface area contributed by atoms with Crippen molar-refractivity contribution < 1.29 is 40.8 Å². The molecule has 190 valence electrons. The van der Waals surface area contributed by atoms with Crippen molar-refractivity contribution in [3.63, 3.8) is 0 Å². The maximum Gasteiger partial charge on any atom is 0.345 e. The summed E-state index contributed by atoms with van der Waals surface area (Å²) in [7, 11) is -4.11. The summed E-state index contributed by atoms with van der Waals surface area (Å²) in [4.78, 5) is 16.5. The Balaban J connectivity index is 2.43. The van der Waals surface area contributed by atoms with Gasteiger partial charge in [0.05, 0.1) is 29.7 Å². The fraction of sp³-hybridized carbons (Fsp3) is 0.550. The molecule has 0 bridgehead atoms. The highest BCUT2D eigenvalue weighted by atomic mass is 35.5. The molecule has 0 saturated heterocycles. The van der Waals surface area contributed by atoms with E-state index < -0.39 is 70.3 Å². The third-order valence-electron chi connectivity index (χ3n) is 4.14. The number of esters is 1. The first kappa shape index (κ1) is 28.6. The number of halogens is 5. The van der Waals surface area contributed by atoms with Gasteiger partial charge >= 0.3 is 19.5 Å². The van der Waals surface area contributed by atoms with Gasteiger partial charge in [-0.3, -0.25) is 9.36 Å². The monoisotopic (exact) mass is 546 g/mol. The molecule has 1 atom stereocenters. The molecule has 0 spiro atoms. The Kier molecular flexibility index (Phi) is 9.21. The summed E-state index contributed by atoms with van der Waals surface area (Å²) in [5.41, 5.74) is -3.30. The van der Waals surface area contributed by atoms with Crippen molar-refractivity contribution in [2.45, 2.75) is 58.2 Å². The molecule has 0 aliphatic rings. The van der Waals surface area contributed by atoms with Gasteiger partial charge in [-0.05, 0) is 46.8 Å². The van der Waals surface area contributed by atoms with Crippen molar-refractivity contribution in [3.05, 3.63) is 45.3 Å². The summed E-state index contributed by atoms with van der Waals surface area (Å²) in [6.45, 7) is 7.76. The van der Waals surface area contributed by atoms with Crippen LogP contribution in [0.5, 0.6) is 0 Å². The van der Waals surface area contributed by atoms with Gasteiger partial charge in [0.1, 0.15) is 5.60 Å². The minimum atomic E-state index is -4.11. The van der Waals surface area contributed by atoms with Gasteiger partial charge < -0.3 is 18.3 Å². The number of rotatable bonds is 10. The number of aromatic nitrogens is 2. The van der Waals surface area contributed by atoms with Gasteiger partial charge in [-0.2, -0.15) is 13.8 Å². The Bertz CT molecular complexity index is 1040. The lowest BCUT2D eigenvalue weighted by molar-refractivity contribution is -0.154. The standard InChI is InChI=1S/C20H24Cl2F3N2O6P/c1-6-30-34(29,31-7-2)14(17(28)32-19(3,4)5)10-15-26-18(27-33-15)20(24,25)11-8-12(21)16(23)13(22)9-11/h8-9,14H,6-7,10H2,1-5H3. The number of nitrogens with zero attached hydrogens (tertiary/aromatic N) is 2. The summed E-state index contributed by atoms with van der Waals surface area (Å²) in [6, 6.07) is 1.36. The highest BCUT2D eigenvalue weighted by molar-refractivity contribution is 7.55. The third kappa shape index (κ3) is 6.73. The van der Waals surface area contributed by atoms with Crippen LogP contribution in [0.2, 0.25) is 10.0 Å². The van der Waals surface area contributed by atoms with E-state index in [1.165, 1.54) is 0 Å². The van der Waals surface area contributed by atoms with E-state index in [2.05, 4.69) is 10.1 Å². The zero-order valence-corrected chi connectivity index (χ0v) is 21.4. The van der Waals surface area contributed by atoms with Crippen molar-refractivity contribution in [3.8, 4) is 0 Å². The molecule has 2 rings (SSSR count). The largest absolute Gasteiger partial charge is 0.459 e. The molecular weight excluding hydrogens is 523 g/mol. The Labute approximate surface area is 204 Å². The number of benzene rings is 1. The van der Waals surface area contributed by atoms with Crippen LogP contribution in [-0.4, -0.2) is 40.6 Å². The fourth-order valence-electron chi connectivity index (χ4n) is 2.77. The second-order valence-electron chi connectivity index (χ2n) is 7.97. The van der Waals surface area contributed by atoms with E-state index in [1.807, 2.05) is 0 Å². The van der Waals surface area contributed by atoms with Crippen molar-refractivity contribution in [1.82, 2.24) is 10.1 Å². The molecule has 0 saturated carbocycles. The smallest absolute Gasteiger partial charge is 0.345 e. The van der Waals surface area contributed by atoms with Crippen LogP contribution in [0.4, 0.5) is 13.2 Å². The van der Waals surface area contributed by atoms with Crippen LogP contribution >= 0.6 is 30.8 Å². The van der Waals surface area contributed by atoms with Crippen LogP contribution in [0.15, 0.2) is 16.7 Å². The predicted molar refractivity (Wildman–Crippen MR) is 118 cm³/mol. The first-order chi connectivity index (χ1) is 15.6. The zero-order valence-electron chi connectivity index (χ0n) is 19.0. The quantitative estimate of drug-likeness (QED) is 0.198. The SMILES string of the molecule is CCOP(=O)(OCC)C(Cc1nc(C(F)(F)c2cc(Cl)c(F)c(Cl)c2)no1)C(=O)OC(C)(C)C. The Morgan fingerprint density at radius 3 is 2.15 bits per heavy atom. The van der Waals surface area contributed by atoms with Gasteiger partial charge in [0.15, 0.2) is 11.5 Å². The van der Waals surface area contributed by atoms with Crippen LogP contribution in [0.25, 0.3) is 0 Å². The van der Waals surface area contributed by atoms with Crippen LogP contribution in [0.3, 0.4) is 0 Å². The molecule has 0 radical (unpaired) electrons. The molecule has 0 amide bonds. The molecule has 0 N–H and O–H groups in total. The number of hydrogen-bond donors (Lipinski definition) is 0. The molecular formula is C20H24Cl2F3N2O6P. The Morgan fingerprint density at radius 1 is 1.15 bits per heavy atom. The summed E-state index contributed by atoms with van der Waals surface area (Å²) >= 11 is 11.2. The molecule has 0 aliphatic carbocycles. The topological polar surface area (TPSA) is 101 Å². The highest BCUT2D eigenvalue weighted by Gasteiger charge is 2.46. The molecule has 34 heavy (non-hydrogen) atoms. The van der Waals surface area contributed by atoms with E-state index in [0.29, 0.717) is 12.1 Å². The molecule has 0 aliphatic heterocycles. The average Bonchev–Trinajstić information content (AvgIpc) is 3.18. The minimum absolute atomic E-state index is 0.0597. The second kappa shape index (κ2) is 11.0. The van der Waals surface area contributed by atoms with Gasteiger partial charge in [0.25, 0.3) is 0 Å². The first-order valence-electron chi connectivity index (χ1n) is 10.1. The van der Waals surface area contributed by atoms with Gasteiger partial charge in [0.2, 0.25) is 11.7 Å². The van der Waals surface area contributed by atoms with Crippen molar-refractivity contribution in [2.24, 2.45) is 0 Å². The zero-order chi connectivity index (χ0) is 25.9. The first-order valence-corrected chi connectivity index (χ1v) is 12.5. The predicted octanol–water partition coefficient (Wildman–Crippen LogP) is 6.17. The second-order valence-corrected chi connectivity index (χ2v) is 11.0. The molecule has 1 aromatic heterocycles. The fourth-order valence-corrected chi connectivity index (χ4v) is 5.10. The summed E-state index contributed by atoms with van der Waals surface area (Å²) < 4.78 is 77.6. The lowest BCUT2D eigenvalue weighted by Gasteiger charge is -2.27. The molecule has 1 unspecified atom stereocenters. The van der Waals surface area contributed by atoms with E-state index in [9.17, 15) is 22.5 Å². The maximum atomic E-state index is 15.0. The Hall–Kier alpha value is -1.65. The van der Waals surface area contributed by atoms with E-state index in [4.69, 9.17) is 41.5 Å². The van der Waals surface area contributed by atoms with E-state index >= 15 is 0 Å². The summed E-state index contributed by atoms with van der Waals surface area (Å²) in [5, 5.41) is 2.03. The van der Waals surface area contributed by atoms with Gasteiger partial charge in [-0.25, -0.2) is 4.39 Å². The average molecular weight is 547 g/mol. The number of ether oxygens (including phenoxy) is 1. The van der Waals surface area contributed by atoms with Crippen LogP contribution in [0.1, 0.15) is 51.9 Å². The molecule has 0 fully saturated rings. The number of alkyl halides is 2. The van der Waals surface area contributed by atoms with Gasteiger partial charge in [0, 0.05) is 5.56 Å². The minimum Gasteiger partial charge on any atom is -0.459 e. The summed E-state index contributed by atoms with van der Waals surface area (Å²) in [5.74, 6) is -7.45. The normalized spacial score (nSPS) is 13.7. The van der Waals surface area contributed by atoms with E-state index in [-0.39, 0.29) is 13.2 Å². The Morgan fingerprint density at radius 2 is 1.68 bits per heavy atom. The van der Waals surface area contributed by atoms with Gasteiger partial charge in [-0.1, -0.05) is 28.4 Å². The van der Waals surface area contributed by atoms with Gasteiger partial charge in [-0.15, -0.1) is 0 Å². The maximum absolute atomic E-state index is 15.0. The molecule has 14 heteroatoms. The van der Waals surface area contributed by atoms with Crippen molar-refractivity contribution in [1.29, 1.82) is 0 Å². The number of carbonyl (C=O) groups is 1. The number of carbonyl (C=O) groups excluding carboxylic acids is 1. The number of hydrogen-bond acceptors (Lipinski definition) is 8. The van der Waals surface area contributed by atoms with E-state index in [0.717, 1.165) is 0 Å².